The summed E-state index contributed by atoms with van der Waals surface area (Å²) in [6.45, 7) is 0. The molecule has 0 aliphatic heterocycles. The Morgan fingerprint density at radius 2 is 1.79 bits per heavy atom. The van der Waals surface area contributed by atoms with Gasteiger partial charge in [-0.3, -0.25) is 4.79 Å². The minimum atomic E-state index is -0.671. The van der Waals surface area contributed by atoms with Gasteiger partial charge in [0.05, 0.1) is 11.2 Å². The average molecular weight is 341 g/mol. The highest BCUT2D eigenvalue weighted by Gasteiger charge is 2.14. The molecule has 3 rings (SSSR count). The molecule has 0 atom stereocenters. The lowest BCUT2D eigenvalue weighted by Gasteiger charge is -2.09. The maximum absolute atomic E-state index is 11.3. The minimum absolute atomic E-state index is 0.0146. The number of fused-ring (bicyclic) bond motifs is 1. The van der Waals surface area contributed by atoms with Gasteiger partial charge >= 0.3 is 0 Å². The van der Waals surface area contributed by atoms with Crippen molar-refractivity contribution in [1.29, 1.82) is 0 Å². The molecule has 4 N–H and O–H groups in total. The number of amides is 1. The van der Waals surface area contributed by atoms with Crippen LogP contribution in [0, 0.1) is 0 Å². The van der Waals surface area contributed by atoms with Gasteiger partial charge in [0.15, 0.2) is 5.69 Å². The summed E-state index contributed by atoms with van der Waals surface area (Å²) in [6.07, 6.45) is 2.74. The van der Waals surface area contributed by atoms with Crippen molar-refractivity contribution in [1.82, 2.24) is 10.2 Å². The number of nitrogen functional groups attached to an aromatic ring is 1. The standard InChI is InChI=1S/C18H17ClN4O/c19-13-9-7-11(8-10-13)3-1-4-12-5-2-6-14-15(20)17(18(21)24)23-22-16(12)14/h2,5-10H,1,3-4H2,(H2,20,22)(H2,21,24). The Bertz CT molecular complexity index is 893. The maximum Gasteiger partial charge on any atom is 0.271 e. The van der Waals surface area contributed by atoms with E-state index in [1.165, 1.54) is 5.56 Å². The molecule has 24 heavy (non-hydrogen) atoms. The van der Waals surface area contributed by atoms with Crippen molar-refractivity contribution < 1.29 is 4.79 Å². The minimum Gasteiger partial charge on any atom is -0.396 e. The fourth-order valence-electron chi connectivity index (χ4n) is 2.73. The van der Waals surface area contributed by atoms with Crippen LogP contribution in [-0.4, -0.2) is 16.1 Å². The number of hydrogen-bond donors (Lipinski definition) is 2. The molecule has 0 saturated heterocycles. The summed E-state index contributed by atoms with van der Waals surface area (Å²) in [4.78, 5) is 11.3. The molecule has 0 fully saturated rings. The lowest BCUT2D eigenvalue weighted by atomic mass is 10.0. The normalized spacial score (nSPS) is 10.9. The van der Waals surface area contributed by atoms with Crippen molar-refractivity contribution in [2.45, 2.75) is 19.3 Å². The molecule has 6 heteroatoms. The molecule has 1 heterocycles. The summed E-state index contributed by atoms with van der Waals surface area (Å²) in [5.41, 5.74) is 14.6. The molecule has 5 nitrogen and oxygen atoms in total. The number of nitrogens with two attached hydrogens (primary N) is 2. The number of aryl methyl sites for hydroxylation is 2. The first-order chi connectivity index (χ1) is 11.6. The molecular formula is C18H17ClN4O. The van der Waals surface area contributed by atoms with Gasteiger partial charge in [-0.25, -0.2) is 0 Å². The van der Waals surface area contributed by atoms with Crippen LogP contribution in [0.3, 0.4) is 0 Å². The van der Waals surface area contributed by atoms with Crippen molar-refractivity contribution in [3.63, 3.8) is 0 Å². The number of nitrogens with zero attached hydrogens (tertiary/aromatic N) is 2. The molecule has 0 bridgehead atoms. The molecule has 2 aromatic carbocycles. The molecule has 0 saturated carbocycles. The van der Waals surface area contributed by atoms with Gasteiger partial charge in [0.25, 0.3) is 5.91 Å². The summed E-state index contributed by atoms with van der Waals surface area (Å²) < 4.78 is 0. The SMILES string of the molecule is NC(=O)c1nnc2c(CCCc3ccc(Cl)cc3)cccc2c1N. The van der Waals surface area contributed by atoms with Gasteiger partial charge in [0.2, 0.25) is 0 Å². The predicted molar refractivity (Wildman–Crippen MR) is 95.9 cm³/mol. The molecule has 0 radical (unpaired) electrons. The van der Waals surface area contributed by atoms with E-state index in [-0.39, 0.29) is 11.4 Å². The van der Waals surface area contributed by atoms with Crippen molar-refractivity contribution in [3.05, 3.63) is 64.3 Å². The summed E-state index contributed by atoms with van der Waals surface area (Å²) >= 11 is 5.90. The van der Waals surface area contributed by atoms with Crippen LogP contribution in [0.2, 0.25) is 5.02 Å². The third kappa shape index (κ3) is 3.31. The van der Waals surface area contributed by atoms with E-state index in [0.717, 1.165) is 35.4 Å². The quantitative estimate of drug-likeness (QED) is 0.745. The number of primary amides is 1. The summed E-state index contributed by atoms with van der Waals surface area (Å²) in [6, 6.07) is 13.6. The van der Waals surface area contributed by atoms with Crippen LogP contribution in [0.1, 0.15) is 28.0 Å². The molecular weight excluding hydrogens is 324 g/mol. The Labute approximate surface area is 144 Å². The van der Waals surface area contributed by atoms with Crippen molar-refractivity contribution in [2.24, 2.45) is 5.73 Å². The van der Waals surface area contributed by atoms with Crippen LogP contribution < -0.4 is 11.5 Å². The van der Waals surface area contributed by atoms with Crippen molar-refractivity contribution >= 4 is 34.1 Å². The molecule has 0 aliphatic rings. The van der Waals surface area contributed by atoms with Gasteiger partial charge in [-0.2, -0.15) is 0 Å². The first-order valence-corrected chi connectivity index (χ1v) is 8.02. The fourth-order valence-corrected chi connectivity index (χ4v) is 2.85. The maximum atomic E-state index is 11.3. The average Bonchev–Trinajstić information content (AvgIpc) is 2.57. The molecule has 3 aromatic rings. The summed E-state index contributed by atoms with van der Waals surface area (Å²) in [5, 5.41) is 9.48. The van der Waals surface area contributed by atoms with E-state index in [9.17, 15) is 4.79 Å². The number of rotatable bonds is 5. The number of halogens is 1. The van der Waals surface area contributed by atoms with Gasteiger partial charge in [-0.05, 0) is 42.5 Å². The van der Waals surface area contributed by atoms with E-state index in [0.29, 0.717) is 5.39 Å². The monoisotopic (exact) mass is 340 g/mol. The van der Waals surface area contributed by atoms with Crippen LogP contribution in [-0.2, 0) is 12.8 Å². The predicted octanol–water partition coefficient (Wildman–Crippen LogP) is 3.14. The molecule has 0 aliphatic carbocycles. The molecule has 0 spiro atoms. The Kier molecular flexibility index (Phi) is 4.62. The Morgan fingerprint density at radius 3 is 2.50 bits per heavy atom. The number of anilines is 1. The fraction of sp³-hybridized carbons (Fsp3) is 0.167. The lowest BCUT2D eigenvalue weighted by molar-refractivity contribution is 0.0996. The van der Waals surface area contributed by atoms with E-state index in [1.807, 2.05) is 42.5 Å². The van der Waals surface area contributed by atoms with E-state index >= 15 is 0 Å². The van der Waals surface area contributed by atoms with Crippen molar-refractivity contribution in [2.75, 3.05) is 5.73 Å². The highest BCUT2D eigenvalue weighted by Crippen LogP contribution is 2.25. The van der Waals surface area contributed by atoms with Crippen molar-refractivity contribution in [3.8, 4) is 0 Å². The number of benzene rings is 2. The Morgan fingerprint density at radius 1 is 1.04 bits per heavy atom. The number of hydrogen-bond acceptors (Lipinski definition) is 4. The van der Waals surface area contributed by atoms with Crippen LogP contribution in [0.15, 0.2) is 42.5 Å². The zero-order valence-corrected chi connectivity index (χ0v) is 13.8. The van der Waals surface area contributed by atoms with Gasteiger partial charge in [0, 0.05) is 10.4 Å². The summed E-state index contributed by atoms with van der Waals surface area (Å²) in [7, 11) is 0. The van der Waals surface area contributed by atoms with E-state index < -0.39 is 5.91 Å². The highest BCUT2D eigenvalue weighted by atomic mass is 35.5. The van der Waals surface area contributed by atoms with E-state index in [2.05, 4.69) is 10.2 Å². The Hall–Kier alpha value is -2.66. The third-order valence-electron chi connectivity index (χ3n) is 3.97. The van der Waals surface area contributed by atoms with Gasteiger partial charge in [-0.15, -0.1) is 10.2 Å². The highest BCUT2D eigenvalue weighted by molar-refractivity contribution is 6.30. The van der Waals surface area contributed by atoms with Gasteiger partial charge in [-0.1, -0.05) is 41.9 Å². The third-order valence-corrected chi connectivity index (χ3v) is 4.23. The first-order valence-electron chi connectivity index (χ1n) is 7.64. The van der Waals surface area contributed by atoms with Gasteiger partial charge < -0.3 is 11.5 Å². The second-order valence-corrected chi connectivity index (χ2v) is 6.06. The lowest BCUT2D eigenvalue weighted by Crippen LogP contribution is -2.17. The smallest absolute Gasteiger partial charge is 0.271 e. The topological polar surface area (TPSA) is 94.9 Å². The zero-order valence-electron chi connectivity index (χ0n) is 13.0. The largest absolute Gasteiger partial charge is 0.396 e. The van der Waals surface area contributed by atoms with Crippen LogP contribution in [0.25, 0.3) is 10.9 Å². The Balaban J connectivity index is 1.81. The molecule has 1 amide bonds. The first kappa shape index (κ1) is 16.2. The summed E-state index contributed by atoms with van der Waals surface area (Å²) in [5.74, 6) is -0.671. The molecule has 0 unspecified atom stereocenters. The van der Waals surface area contributed by atoms with Crippen LogP contribution >= 0.6 is 11.6 Å². The van der Waals surface area contributed by atoms with E-state index in [4.69, 9.17) is 23.1 Å². The second-order valence-electron chi connectivity index (χ2n) is 5.62. The number of carbonyl (C=O) groups excluding carboxylic acids is 1. The molecule has 1 aromatic heterocycles. The second kappa shape index (κ2) is 6.84. The van der Waals surface area contributed by atoms with Crippen LogP contribution in [0.4, 0.5) is 5.69 Å². The van der Waals surface area contributed by atoms with E-state index in [1.54, 1.807) is 0 Å². The number of aromatic nitrogens is 2. The molecule has 122 valence electrons. The number of carbonyl (C=O) groups is 1. The van der Waals surface area contributed by atoms with Crippen LogP contribution in [0.5, 0.6) is 0 Å². The zero-order chi connectivity index (χ0) is 17.1. The van der Waals surface area contributed by atoms with Gasteiger partial charge in [0.1, 0.15) is 0 Å².